The predicted octanol–water partition coefficient (Wildman–Crippen LogP) is 1.07. The third-order valence-electron chi connectivity index (χ3n) is 4.71. The second-order valence-corrected chi connectivity index (χ2v) is 9.28. The van der Waals surface area contributed by atoms with Gasteiger partial charge >= 0.3 is 6.03 Å². The van der Waals surface area contributed by atoms with Gasteiger partial charge in [0, 0.05) is 31.3 Å². The first kappa shape index (κ1) is 23.7. The van der Waals surface area contributed by atoms with Crippen molar-refractivity contribution in [3.63, 3.8) is 0 Å². The molecule has 166 valence electrons. The number of nitrogens with zero attached hydrogens (tertiary/aromatic N) is 2. The number of hydrogen-bond acceptors (Lipinski definition) is 7. The van der Waals surface area contributed by atoms with Crippen molar-refractivity contribution in [3.05, 3.63) is 35.8 Å². The first-order chi connectivity index (χ1) is 14.3. The van der Waals surface area contributed by atoms with Gasteiger partial charge in [0.2, 0.25) is 0 Å². The number of sulfone groups is 1. The number of carbonyl (C=O) groups excluding carboxylic acids is 1. The summed E-state index contributed by atoms with van der Waals surface area (Å²) in [5.74, 6) is 0.333. The van der Waals surface area contributed by atoms with E-state index in [1.165, 1.54) is 6.07 Å². The van der Waals surface area contributed by atoms with Crippen LogP contribution >= 0.6 is 0 Å². The molecule has 0 atom stereocenters. The van der Waals surface area contributed by atoms with Gasteiger partial charge in [-0.3, -0.25) is 0 Å². The average Bonchev–Trinajstić information content (AvgIpc) is 3.53. The van der Waals surface area contributed by atoms with Gasteiger partial charge < -0.3 is 21.5 Å². The molecule has 0 spiro atoms. The van der Waals surface area contributed by atoms with E-state index in [0.29, 0.717) is 24.1 Å². The van der Waals surface area contributed by atoms with Crippen molar-refractivity contribution in [2.75, 3.05) is 37.9 Å². The van der Waals surface area contributed by atoms with Gasteiger partial charge in [0.05, 0.1) is 11.4 Å². The maximum atomic E-state index is 12.8. The second kappa shape index (κ2) is 10.5. The molecule has 1 heterocycles. The summed E-state index contributed by atoms with van der Waals surface area (Å²) in [7, 11) is -3.49. The molecule has 2 amide bonds. The Morgan fingerprint density at radius 3 is 2.70 bits per heavy atom. The molecule has 1 aromatic heterocycles. The number of aliphatic hydroxyl groups is 1. The van der Waals surface area contributed by atoms with Gasteiger partial charge in [-0.1, -0.05) is 18.2 Å². The van der Waals surface area contributed by atoms with Gasteiger partial charge in [-0.25, -0.2) is 27.6 Å². The van der Waals surface area contributed by atoms with Crippen LogP contribution in [0, 0.1) is 0 Å². The van der Waals surface area contributed by atoms with E-state index >= 15 is 0 Å². The molecule has 0 aromatic carbocycles. The number of alkyl halides is 1. The summed E-state index contributed by atoms with van der Waals surface area (Å²) in [4.78, 5) is 20.1. The van der Waals surface area contributed by atoms with Gasteiger partial charge in [-0.2, -0.15) is 0 Å². The van der Waals surface area contributed by atoms with E-state index in [9.17, 15) is 17.6 Å². The molecule has 11 heteroatoms. The number of rotatable bonds is 11. The lowest BCUT2D eigenvalue weighted by Gasteiger charge is -2.17. The first-order valence-electron chi connectivity index (χ1n) is 9.68. The molecule has 2 rings (SSSR count). The number of aliphatic hydroxyl groups excluding tert-OH is 1. The van der Waals surface area contributed by atoms with Crippen molar-refractivity contribution in [1.29, 1.82) is 0 Å². The van der Waals surface area contributed by atoms with E-state index in [2.05, 4.69) is 20.6 Å². The van der Waals surface area contributed by atoms with Crippen LogP contribution in [0.25, 0.3) is 5.57 Å². The van der Waals surface area contributed by atoms with Crippen LogP contribution in [0.4, 0.5) is 15.0 Å². The number of allylic oxidation sites excluding steroid dienone is 3. The Morgan fingerprint density at radius 2 is 2.10 bits per heavy atom. The van der Waals surface area contributed by atoms with Gasteiger partial charge in [-0.05, 0) is 26.2 Å². The average molecular weight is 442 g/mol. The minimum absolute atomic E-state index is 0.0570. The molecule has 0 saturated heterocycles. The Balaban J connectivity index is 2.17. The Morgan fingerprint density at radius 1 is 1.37 bits per heavy atom. The predicted molar refractivity (Wildman–Crippen MR) is 113 cm³/mol. The quantitative estimate of drug-likeness (QED) is 0.376. The first-order valence-corrected chi connectivity index (χ1v) is 11.3. The highest BCUT2D eigenvalue weighted by molar-refractivity contribution is 7.92. The lowest BCUT2D eigenvalue weighted by Crippen LogP contribution is -2.36. The molecule has 1 aliphatic rings. The summed E-state index contributed by atoms with van der Waals surface area (Å²) in [6.45, 7) is 1.08. The topological polar surface area (TPSA) is 147 Å². The number of urea groups is 1. The number of halogens is 1. The highest BCUT2D eigenvalue weighted by Gasteiger charge is 2.56. The van der Waals surface area contributed by atoms with Crippen LogP contribution in [0.15, 0.2) is 24.3 Å². The Hall–Kier alpha value is -2.53. The second-order valence-electron chi connectivity index (χ2n) is 6.86. The molecule has 5 N–H and O–H groups in total. The third kappa shape index (κ3) is 5.76. The third-order valence-corrected chi connectivity index (χ3v) is 7.34. The van der Waals surface area contributed by atoms with E-state index in [1.54, 1.807) is 25.2 Å². The van der Waals surface area contributed by atoms with Gasteiger partial charge in [0.15, 0.2) is 15.7 Å². The molecular formula is C19H28FN5O4S. The molecule has 1 fully saturated rings. The number of anilines is 1. The normalized spacial score (nSPS) is 15.9. The van der Waals surface area contributed by atoms with E-state index in [-0.39, 0.29) is 43.5 Å². The number of hydrogen-bond donors (Lipinski definition) is 4. The lowest BCUT2D eigenvalue weighted by atomic mass is 10.2. The van der Waals surface area contributed by atoms with Crippen molar-refractivity contribution in [2.45, 2.75) is 30.9 Å². The molecule has 1 aliphatic carbocycles. The number of amides is 2. The Labute approximate surface area is 175 Å². The fourth-order valence-corrected chi connectivity index (χ4v) is 5.03. The largest absolute Gasteiger partial charge is 0.396 e. The summed E-state index contributed by atoms with van der Waals surface area (Å²) in [6, 6.07) is 1.01. The maximum absolute atomic E-state index is 12.8. The molecule has 0 unspecified atom stereocenters. The van der Waals surface area contributed by atoms with E-state index < -0.39 is 27.3 Å². The zero-order chi connectivity index (χ0) is 22.2. The number of nitrogens with one attached hydrogen (secondary N) is 2. The fraction of sp³-hybridized carbons (Fsp3) is 0.526. The summed E-state index contributed by atoms with van der Waals surface area (Å²) in [5, 5.41) is 13.9. The molecule has 1 aromatic rings. The van der Waals surface area contributed by atoms with E-state index in [1.807, 2.05) is 0 Å². The van der Waals surface area contributed by atoms with Crippen LogP contribution < -0.4 is 16.4 Å². The summed E-state index contributed by atoms with van der Waals surface area (Å²) in [5.41, 5.74) is 6.90. The van der Waals surface area contributed by atoms with E-state index in [0.717, 1.165) is 0 Å². The molecule has 0 aliphatic heterocycles. The van der Waals surface area contributed by atoms with Gasteiger partial charge in [0.25, 0.3) is 0 Å². The van der Waals surface area contributed by atoms with Crippen molar-refractivity contribution >= 4 is 27.3 Å². The molecule has 9 nitrogen and oxygen atoms in total. The van der Waals surface area contributed by atoms with Crippen LogP contribution in [-0.4, -0.2) is 61.6 Å². The van der Waals surface area contributed by atoms with E-state index in [4.69, 9.17) is 10.8 Å². The molecule has 1 saturated carbocycles. The molecular weight excluding hydrogens is 413 g/mol. The number of carbonyl (C=O) groups is 1. The molecule has 0 bridgehead atoms. The zero-order valence-electron chi connectivity index (χ0n) is 16.9. The number of aromatic nitrogens is 2. The van der Waals surface area contributed by atoms with Crippen molar-refractivity contribution in [1.82, 2.24) is 20.6 Å². The van der Waals surface area contributed by atoms with Crippen molar-refractivity contribution < 1.29 is 22.7 Å². The Kier molecular flexibility index (Phi) is 8.30. The van der Waals surface area contributed by atoms with Crippen LogP contribution in [0.5, 0.6) is 0 Å². The van der Waals surface area contributed by atoms with Crippen molar-refractivity contribution in [3.8, 4) is 0 Å². The lowest BCUT2D eigenvalue weighted by molar-refractivity contribution is 0.241. The van der Waals surface area contributed by atoms with Crippen molar-refractivity contribution in [2.24, 2.45) is 0 Å². The zero-order valence-corrected chi connectivity index (χ0v) is 17.7. The van der Waals surface area contributed by atoms with Crippen LogP contribution in [-0.2, 0) is 14.6 Å². The summed E-state index contributed by atoms with van der Waals surface area (Å²) < 4.78 is 36.5. The fourth-order valence-electron chi connectivity index (χ4n) is 2.98. The summed E-state index contributed by atoms with van der Waals surface area (Å²) in [6.07, 6.45) is 6.19. The highest BCUT2D eigenvalue weighted by Crippen LogP contribution is 2.52. The maximum Gasteiger partial charge on any atom is 0.315 e. The summed E-state index contributed by atoms with van der Waals surface area (Å²) >= 11 is 0. The molecule has 30 heavy (non-hydrogen) atoms. The minimum Gasteiger partial charge on any atom is -0.396 e. The standard InChI is InChI=1S/C19H28FN5O4S/c1-2-14(5-3-9-22-18(27)23-10-8-20)17-24-15(13-16(21)25-17)19(6-7-19)30(28,29)12-4-11-26/h2-3,5,13,26H,4,6-12H2,1H3,(H2,21,24,25)(H2,22,23,27)/b5-3-,14-2+. The monoisotopic (exact) mass is 441 g/mol. The SMILES string of the molecule is C/C=C(\C=C/CNC(=O)NCCF)c1nc(N)cc(C2(S(=O)(=O)CCCO)CC2)n1. The smallest absolute Gasteiger partial charge is 0.315 e. The number of nitrogen functional groups attached to an aromatic ring is 1. The Bertz CT molecular complexity index is 913. The van der Waals surface area contributed by atoms with Crippen LogP contribution in [0.1, 0.15) is 37.7 Å². The van der Waals surface area contributed by atoms with Crippen LogP contribution in [0.2, 0.25) is 0 Å². The van der Waals surface area contributed by atoms with Gasteiger partial charge in [-0.15, -0.1) is 0 Å². The highest BCUT2D eigenvalue weighted by atomic mass is 32.2. The molecule has 0 radical (unpaired) electrons. The number of nitrogens with two attached hydrogens (primary N) is 1. The van der Waals surface area contributed by atoms with Crippen LogP contribution in [0.3, 0.4) is 0 Å². The minimum atomic E-state index is -3.49. The van der Waals surface area contributed by atoms with Gasteiger partial charge in [0.1, 0.15) is 17.2 Å².